The molecule has 0 bridgehead atoms. The Morgan fingerprint density at radius 3 is 2.88 bits per heavy atom. The van der Waals surface area contributed by atoms with E-state index in [-0.39, 0.29) is 29.8 Å². The van der Waals surface area contributed by atoms with Gasteiger partial charge in [-0.25, -0.2) is 0 Å². The van der Waals surface area contributed by atoms with Gasteiger partial charge in [-0.05, 0) is 18.6 Å². The molecule has 0 radical (unpaired) electrons. The number of aryl methyl sites for hydroxylation is 1. The number of allylic oxidation sites excluding steroid dienone is 1. The number of nitrogens with zero attached hydrogens (tertiary/aromatic N) is 1. The first-order valence-corrected chi connectivity index (χ1v) is 8.33. The Morgan fingerprint density at radius 1 is 1.35 bits per heavy atom. The van der Waals surface area contributed by atoms with Gasteiger partial charge in [-0.15, -0.1) is 0 Å². The maximum Gasteiger partial charge on any atom is 0.249 e. The van der Waals surface area contributed by atoms with Crippen molar-refractivity contribution in [2.75, 3.05) is 6.79 Å². The number of benzene rings is 1. The molecule has 2 aliphatic heterocycles. The molecule has 3 atom stereocenters. The monoisotopic (exact) mass is 358 g/mol. The van der Waals surface area contributed by atoms with E-state index in [1.165, 1.54) is 0 Å². The summed E-state index contributed by atoms with van der Waals surface area (Å²) in [6, 6.07) is 4.06. The second kappa shape index (κ2) is 6.22. The third-order valence-corrected chi connectivity index (χ3v) is 4.92. The first kappa shape index (κ1) is 16.7. The Kier molecular flexibility index (Phi) is 4.01. The van der Waals surface area contributed by atoms with Crippen molar-refractivity contribution < 1.29 is 23.9 Å². The van der Waals surface area contributed by atoms with Crippen LogP contribution >= 0.6 is 0 Å². The zero-order chi connectivity index (χ0) is 18.4. The van der Waals surface area contributed by atoms with Crippen molar-refractivity contribution in [2.45, 2.75) is 38.2 Å². The summed E-state index contributed by atoms with van der Waals surface area (Å²) in [7, 11) is 0. The minimum Gasteiger partial charge on any atom is -0.461 e. The first-order valence-electron chi connectivity index (χ1n) is 8.33. The molecule has 0 saturated carbocycles. The molecule has 1 aromatic rings. The fourth-order valence-electron chi connectivity index (χ4n) is 3.67. The molecule has 3 unspecified atom stereocenters. The van der Waals surface area contributed by atoms with Crippen molar-refractivity contribution in [2.24, 2.45) is 5.73 Å². The van der Waals surface area contributed by atoms with E-state index in [0.717, 1.165) is 11.1 Å². The molecule has 1 aromatic carbocycles. The molecule has 26 heavy (non-hydrogen) atoms. The lowest BCUT2D eigenvalue weighted by Crippen LogP contribution is -2.36. The third kappa shape index (κ3) is 2.67. The largest absolute Gasteiger partial charge is 0.461 e. The summed E-state index contributed by atoms with van der Waals surface area (Å²) in [6.45, 7) is 1.98. The lowest BCUT2D eigenvalue weighted by atomic mass is 9.83. The highest BCUT2D eigenvalue weighted by molar-refractivity contribution is 5.99. The molecule has 2 fully saturated rings. The standard InChI is InChI=1S/C18H18N2O6/c1-9-2-4-11(17(19)21)12(6-9)15-13(20(22)23)5-3-10-7-14-18(25-8-24-14)26-16(10)15/h2-4,6,13-14,18H,5,7-8H2,1H3,(H2,19,21). The summed E-state index contributed by atoms with van der Waals surface area (Å²) in [5.74, 6) is -0.238. The molecule has 1 aliphatic carbocycles. The van der Waals surface area contributed by atoms with Crippen molar-refractivity contribution in [3.63, 3.8) is 0 Å². The van der Waals surface area contributed by atoms with Crippen LogP contribution in [0.5, 0.6) is 0 Å². The second-order valence-electron chi connectivity index (χ2n) is 6.60. The summed E-state index contributed by atoms with van der Waals surface area (Å²) in [5.41, 5.74) is 8.27. The molecule has 8 heteroatoms. The van der Waals surface area contributed by atoms with Gasteiger partial charge in [0, 0.05) is 28.9 Å². The summed E-state index contributed by atoms with van der Waals surface area (Å²) >= 11 is 0. The van der Waals surface area contributed by atoms with Gasteiger partial charge in [0.05, 0.1) is 5.57 Å². The number of carbonyl (C=O) groups is 1. The van der Waals surface area contributed by atoms with Crippen LogP contribution in [0.3, 0.4) is 0 Å². The minimum atomic E-state index is -1.02. The molecule has 4 rings (SSSR count). The lowest BCUT2D eigenvalue weighted by molar-refractivity contribution is -0.505. The normalized spacial score (nSPS) is 27.3. The van der Waals surface area contributed by atoms with E-state index in [0.29, 0.717) is 23.3 Å². The van der Waals surface area contributed by atoms with Crippen LogP contribution < -0.4 is 5.73 Å². The Bertz CT molecular complexity index is 859. The van der Waals surface area contributed by atoms with Crippen LogP contribution in [0.1, 0.15) is 34.3 Å². The van der Waals surface area contributed by atoms with Crippen LogP contribution in [-0.4, -0.2) is 36.1 Å². The van der Waals surface area contributed by atoms with Crippen LogP contribution in [0.2, 0.25) is 0 Å². The first-order chi connectivity index (χ1) is 12.5. The maximum atomic E-state index is 11.9. The van der Waals surface area contributed by atoms with E-state index in [1.54, 1.807) is 18.2 Å². The maximum absolute atomic E-state index is 11.9. The van der Waals surface area contributed by atoms with E-state index < -0.39 is 18.2 Å². The number of nitro groups is 1. The topological polar surface area (TPSA) is 114 Å². The zero-order valence-corrected chi connectivity index (χ0v) is 14.1. The second-order valence-corrected chi connectivity index (χ2v) is 6.60. The van der Waals surface area contributed by atoms with Gasteiger partial charge in [-0.1, -0.05) is 23.8 Å². The van der Waals surface area contributed by atoms with Crippen LogP contribution in [0.4, 0.5) is 0 Å². The molecular formula is C18H18N2O6. The van der Waals surface area contributed by atoms with Crippen LogP contribution in [0.25, 0.3) is 5.57 Å². The molecule has 2 N–H and O–H groups in total. The number of fused-ring (bicyclic) bond motifs is 2. The van der Waals surface area contributed by atoms with Crippen molar-refractivity contribution in [1.29, 1.82) is 0 Å². The predicted molar refractivity (Wildman–Crippen MR) is 90.4 cm³/mol. The summed E-state index contributed by atoms with van der Waals surface area (Å²) < 4.78 is 16.8. The molecule has 2 heterocycles. The number of nitrogens with two attached hydrogens (primary N) is 1. The van der Waals surface area contributed by atoms with Crippen molar-refractivity contribution in [3.05, 3.63) is 62.4 Å². The minimum absolute atomic E-state index is 0.126. The van der Waals surface area contributed by atoms with Gasteiger partial charge in [0.2, 0.25) is 18.2 Å². The highest BCUT2D eigenvalue weighted by Gasteiger charge is 2.44. The Labute approximate surface area is 149 Å². The number of rotatable bonds is 3. The Hall–Kier alpha value is -2.71. The zero-order valence-electron chi connectivity index (χ0n) is 14.1. The quantitative estimate of drug-likeness (QED) is 0.652. The molecule has 8 nitrogen and oxygen atoms in total. The number of primary amides is 1. The smallest absolute Gasteiger partial charge is 0.249 e. The molecule has 0 spiro atoms. The van der Waals surface area contributed by atoms with Gasteiger partial charge in [-0.2, -0.15) is 0 Å². The molecular weight excluding hydrogens is 340 g/mol. The van der Waals surface area contributed by atoms with Crippen LogP contribution in [0.15, 0.2) is 35.6 Å². The predicted octanol–water partition coefficient (Wildman–Crippen LogP) is 1.90. The molecule has 3 aliphatic rings. The van der Waals surface area contributed by atoms with Gasteiger partial charge in [0.1, 0.15) is 11.9 Å². The highest BCUT2D eigenvalue weighted by atomic mass is 16.8. The van der Waals surface area contributed by atoms with Crippen LogP contribution in [0, 0.1) is 17.0 Å². The van der Waals surface area contributed by atoms with E-state index in [1.807, 2.05) is 13.0 Å². The van der Waals surface area contributed by atoms with Gasteiger partial charge in [0.15, 0.2) is 6.79 Å². The Balaban J connectivity index is 1.92. The number of amides is 1. The van der Waals surface area contributed by atoms with Crippen molar-refractivity contribution in [3.8, 4) is 0 Å². The van der Waals surface area contributed by atoms with Gasteiger partial charge in [-0.3, -0.25) is 14.9 Å². The van der Waals surface area contributed by atoms with Crippen molar-refractivity contribution >= 4 is 11.5 Å². The summed E-state index contributed by atoms with van der Waals surface area (Å²) in [4.78, 5) is 23.3. The van der Waals surface area contributed by atoms with E-state index in [2.05, 4.69) is 0 Å². The van der Waals surface area contributed by atoms with Gasteiger partial charge in [0.25, 0.3) is 0 Å². The number of ether oxygens (including phenoxy) is 3. The fourth-order valence-corrected chi connectivity index (χ4v) is 3.67. The average Bonchev–Trinajstić information content (AvgIpc) is 3.05. The molecule has 0 aromatic heterocycles. The van der Waals surface area contributed by atoms with E-state index in [4.69, 9.17) is 19.9 Å². The number of hydrogen-bond donors (Lipinski definition) is 1. The SMILES string of the molecule is Cc1ccc(C(N)=O)c(C2=C3OC4OCOC4CC3=CCC2[N+](=O)[O-])c1. The summed E-state index contributed by atoms with van der Waals surface area (Å²) in [6.07, 6.45) is 1.74. The fraction of sp³-hybridized carbons (Fsp3) is 0.389. The number of carbonyl (C=O) groups excluding carboxylic acids is 1. The van der Waals surface area contributed by atoms with E-state index in [9.17, 15) is 14.9 Å². The van der Waals surface area contributed by atoms with Gasteiger partial charge < -0.3 is 19.9 Å². The number of hydrogen-bond acceptors (Lipinski definition) is 6. The third-order valence-electron chi connectivity index (χ3n) is 4.92. The molecule has 2 saturated heterocycles. The Morgan fingerprint density at radius 2 is 2.15 bits per heavy atom. The lowest BCUT2D eigenvalue weighted by Gasteiger charge is -2.33. The van der Waals surface area contributed by atoms with Crippen molar-refractivity contribution in [1.82, 2.24) is 0 Å². The van der Waals surface area contributed by atoms with Gasteiger partial charge >= 0.3 is 0 Å². The highest BCUT2D eigenvalue weighted by Crippen LogP contribution is 2.43. The van der Waals surface area contributed by atoms with E-state index >= 15 is 0 Å². The average molecular weight is 358 g/mol. The molecule has 136 valence electrons. The summed E-state index contributed by atoms with van der Waals surface area (Å²) in [5, 5.41) is 11.7. The van der Waals surface area contributed by atoms with Crippen LogP contribution in [-0.2, 0) is 14.2 Å². The molecule has 1 amide bonds.